The van der Waals surface area contributed by atoms with E-state index in [4.69, 9.17) is 9.15 Å². The van der Waals surface area contributed by atoms with Crippen molar-refractivity contribution in [3.05, 3.63) is 24.2 Å². The fraction of sp³-hybridized carbons (Fsp3) is 0.625. The summed E-state index contributed by atoms with van der Waals surface area (Å²) in [6.45, 7) is 5.72. The number of rotatable bonds is 5. The first-order chi connectivity index (χ1) is 11.7. The van der Waals surface area contributed by atoms with Crippen LogP contribution in [0.15, 0.2) is 22.8 Å². The molecule has 2 fully saturated rings. The predicted octanol–water partition coefficient (Wildman–Crippen LogP) is 0.126. The molecule has 0 aromatic carbocycles. The minimum absolute atomic E-state index is 0.0713. The quantitative estimate of drug-likeness (QED) is 0.746. The Morgan fingerprint density at radius 3 is 2.71 bits per heavy atom. The molecule has 0 aliphatic carbocycles. The van der Waals surface area contributed by atoms with Gasteiger partial charge < -0.3 is 24.7 Å². The van der Waals surface area contributed by atoms with Crippen LogP contribution < -0.4 is 10.6 Å². The number of furan rings is 1. The van der Waals surface area contributed by atoms with E-state index < -0.39 is 0 Å². The molecule has 2 aliphatic heterocycles. The summed E-state index contributed by atoms with van der Waals surface area (Å²) in [5, 5.41) is 5.55. The lowest BCUT2D eigenvalue weighted by molar-refractivity contribution is 0.0191. The zero-order valence-corrected chi connectivity index (χ0v) is 13.7. The monoisotopic (exact) mass is 336 g/mol. The molecule has 0 radical (unpaired) electrons. The van der Waals surface area contributed by atoms with Gasteiger partial charge in [0.15, 0.2) is 5.76 Å². The second-order valence-corrected chi connectivity index (χ2v) is 6.00. The Morgan fingerprint density at radius 2 is 1.96 bits per heavy atom. The Morgan fingerprint density at radius 1 is 1.17 bits per heavy atom. The van der Waals surface area contributed by atoms with Crippen molar-refractivity contribution in [2.75, 3.05) is 52.5 Å². The van der Waals surface area contributed by atoms with Crippen molar-refractivity contribution in [2.24, 2.45) is 0 Å². The van der Waals surface area contributed by atoms with Crippen LogP contribution >= 0.6 is 0 Å². The molecular weight excluding hydrogens is 312 g/mol. The van der Waals surface area contributed by atoms with Gasteiger partial charge in [0.1, 0.15) is 0 Å². The highest BCUT2D eigenvalue weighted by Gasteiger charge is 2.30. The SMILES string of the molecule is O=C(NCCNC(=O)N1CCC(N2CCOCC2)C1)c1ccco1. The van der Waals surface area contributed by atoms with Crippen molar-refractivity contribution < 1.29 is 18.7 Å². The molecule has 2 saturated heterocycles. The third-order valence-corrected chi connectivity index (χ3v) is 4.44. The molecule has 1 aromatic heterocycles. The summed E-state index contributed by atoms with van der Waals surface area (Å²) in [6, 6.07) is 3.62. The van der Waals surface area contributed by atoms with Gasteiger partial charge in [0.05, 0.1) is 19.5 Å². The van der Waals surface area contributed by atoms with E-state index in [0.717, 1.165) is 45.8 Å². The molecule has 2 N–H and O–H groups in total. The Kier molecular flexibility index (Phi) is 5.71. The lowest BCUT2D eigenvalue weighted by atomic mass is 10.2. The molecule has 1 unspecified atom stereocenters. The van der Waals surface area contributed by atoms with Crippen LogP contribution in [0.3, 0.4) is 0 Å². The zero-order valence-electron chi connectivity index (χ0n) is 13.7. The van der Waals surface area contributed by atoms with Crippen LogP contribution in [0, 0.1) is 0 Å². The molecule has 1 aromatic rings. The third-order valence-electron chi connectivity index (χ3n) is 4.44. The standard InChI is InChI=1S/C16H24N4O4/c21-15(14-2-1-9-24-14)17-4-5-18-16(22)20-6-3-13(12-20)19-7-10-23-11-8-19/h1-2,9,13H,3-8,10-12H2,(H,17,21)(H,18,22). The summed E-state index contributed by atoms with van der Waals surface area (Å²) in [5.41, 5.74) is 0. The molecule has 0 bridgehead atoms. The molecule has 3 heterocycles. The second-order valence-electron chi connectivity index (χ2n) is 6.00. The van der Waals surface area contributed by atoms with E-state index in [-0.39, 0.29) is 17.7 Å². The Labute approximate surface area is 141 Å². The molecule has 24 heavy (non-hydrogen) atoms. The van der Waals surface area contributed by atoms with Crippen LogP contribution in [0.25, 0.3) is 0 Å². The smallest absolute Gasteiger partial charge is 0.317 e. The average Bonchev–Trinajstić information content (AvgIpc) is 3.31. The Bertz CT molecular complexity index is 542. The van der Waals surface area contributed by atoms with E-state index in [1.54, 1.807) is 12.1 Å². The van der Waals surface area contributed by atoms with E-state index in [0.29, 0.717) is 19.1 Å². The lowest BCUT2D eigenvalue weighted by Crippen LogP contribution is -2.47. The highest BCUT2D eigenvalue weighted by molar-refractivity contribution is 5.91. The lowest BCUT2D eigenvalue weighted by Gasteiger charge is -2.32. The maximum Gasteiger partial charge on any atom is 0.317 e. The summed E-state index contributed by atoms with van der Waals surface area (Å²) in [7, 11) is 0. The number of hydrogen-bond donors (Lipinski definition) is 2. The topological polar surface area (TPSA) is 87.1 Å². The maximum absolute atomic E-state index is 12.2. The first kappa shape index (κ1) is 16.8. The van der Waals surface area contributed by atoms with Gasteiger partial charge in [-0.3, -0.25) is 9.69 Å². The van der Waals surface area contributed by atoms with Gasteiger partial charge in [-0.05, 0) is 18.6 Å². The summed E-state index contributed by atoms with van der Waals surface area (Å²) >= 11 is 0. The van der Waals surface area contributed by atoms with Crippen LogP contribution in [0.4, 0.5) is 4.79 Å². The minimum atomic E-state index is -0.275. The number of hydrogen-bond acceptors (Lipinski definition) is 5. The number of amides is 3. The molecule has 8 heteroatoms. The van der Waals surface area contributed by atoms with Crippen molar-refractivity contribution in [1.29, 1.82) is 0 Å². The number of ether oxygens (including phenoxy) is 1. The first-order valence-electron chi connectivity index (χ1n) is 8.40. The van der Waals surface area contributed by atoms with Crippen LogP contribution in [-0.2, 0) is 4.74 Å². The number of nitrogens with zero attached hydrogens (tertiary/aromatic N) is 2. The van der Waals surface area contributed by atoms with Gasteiger partial charge in [0, 0.05) is 45.3 Å². The van der Waals surface area contributed by atoms with E-state index in [9.17, 15) is 9.59 Å². The normalized spacial score (nSPS) is 21.7. The maximum atomic E-state index is 12.2. The number of carbonyl (C=O) groups is 2. The molecule has 3 rings (SSSR count). The van der Waals surface area contributed by atoms with Crippen LogP contribution in [-0.4, -0.2) is 80.3 Å². The zero-order chi connectivity index (χ0) is 16.8. The van der Waals surface area contributed by atoms with E-state index in [1.165, 1.54) is 6.26 Å². The van der Waals surface area contributed by atoms with Gasteiger partial charge in [-0.15, -0.1) is 0 Å². The summed E-state index contributed by atoms with van der Waals surface area (Å²) in [6.07, 6.45) is 2.46. The van der Waals surface area contributed by atoms with Crippen molar-refractivity contribution in [1.82, 2.24) is 20.4 Å². The highest BCUT2D eigenvalue weighted by atomic mass is 16.5. The number of likely N-dealkylation sites (tertiary alicyclic amines) is 1. The highest BCUT2D eigenvalue weighted by Crippen LogP contribution is 2.16. The van der Waals surface area contributed by atoms with Crippen molar-refractivity contribution >= 4 is 11.9 Å². The Hall–Kier alpha value is -2.06. The number of morpholine rings is 1. The third kappa shape index (κ3) is 4.27. The number of carbonyl (C=O) groups excluding carboxylic acids is 2. The average molecular weight is 336 g/mol. The molecule has 0 spiro atoms. The van der Waals surface area contributed by atoms with Crippen LogP contribution in [0.1, 0.15) is 17.0 Å². The fourth-order valence-corrected chi connectivity index (χ4v) is 3.12. The van der Waals surface area contributed by atoms with Gasteiger partial charge in [-0.1, -0.05) is 0 Å². The van der Waals surface area contributed by atoms with Crippen molar-refractivity contribution in [2.45, 2.75) is 12.5 Å². The van der Waals surface area contributed by atoms with Crippen molar-refractivity contribution in [3.63, 3.8) is 0 Å². The molecule has 3 amide bonds. The number of nitrogens with one attached hydrogen (secondary N) is 2. The fourth-order valence-electron chi connectivity index (χ4n) is 3.12. The largest absolute Gasteiger partial charge is 0.459 e. The van der Waals surface area contributed by atoms with Crippen LogP contribution in [0.2, 0.25) is 0 Å². The first-order valence-corrected chi connectivity index (χ1v) is 8.40. The molecule has 1 atom stereocenters. The molecule has 0 saturated carbocycles. The van der Waals surface area contributed by atoms with Gasteiger partial charge >= 0.3 is 6.03 Å². The second kappa shape index (κ2) is 8.16. The van der Waals surface area contributed by atoms with Gasteiger partial charge in [0.2, 0.25) is 0 Å². The van der Waals surface area contributed by atoms with Crippen LogP contribution in [0.5, 0.6) is 0 Å². The van der Waals surface area contributed by atoms with E-state index >= 15 is 0 Å². The van der Waals surface area contributed by atoms with E-state index in [2.05, 4.69) is 15.5 Å². The minimum Gasteiger partial charge on any atom is -0.459 e. The van der Waals surface area contributed by atoms with Gasteiger partial charge in [-0.2, -0.15) is 0 Å². The Balaban J connectivity index is 1.33. The molecular formula is C16H24N4O4. The molecule has 132 valence electrons. The summed E-state index contributed by atoms with van der Waals surface area (Å²) < 4.78 is 10.4. The van der Waals surface area contributed by atoms with Gasteiger partial charge in [-0.25, -0.2) is 4.79 Å². The van der Waals surface area contributed by atoms with E-state index in [1.807, 2.05) is 4.90 Å². The summed E-state index contributed by atoms with van der Waals surface area (Å²) in [5.74, 6) is -0.00275. The number of urea groups is 1. The predicted molar refractivity (Wildman–Crippen MR) is 86.8 cm³/mol. The summed E-state index contributed by atoms with van der Waals surface area (Å²) in [4.78, 5) is 28.1. The molecule has 2 aliphatic rings. The molecule has 8 nitrogen and oxygen atoms in total. The van der Waals surface area contributed by atoms with Gasteiger partial charge in [0.25, 0.3) is 5.91 Å². The van der Waals surface area contributed by atoms with Crippen molar-refractivity contribution in [3.8, 4) is 0 Å².